The summed E-state index contributed by atoms with van der Waals surface area (Å²) in [5.41, 5.74) is 1.02. The molecular weight excluding hydrogens is 410 g/mol. The summed E-state index contributed by atoms with van der Waals surface area (Å²) in [5, 5.41) is 0. The van der Waals surface area contributed by atoms with Crippen LogP contribution in [0.5, 0.6) is 0 Å². The second-order valence-corrected chi connectivity index (χ2v) is 8.75. The van der Waals surface area contributed by atoms with Crippen LogP contribution in [0.15, 0.2) is 30.3 Å². The van der Waals surface area contributed by atoms with Crippen LogP contribution in [0.4, 0.5) is 0 Å². The van der Waals surface area contributed by atoms with Gasteiger partial charge in [0.15, 0.2) is 0 Å². The second-order valence-electron chi connectivity index (χ2n) is 6.64. The predicted octanol–water partition coefficient (Wildman–Crippen LogP) is 3.53. The maximum absolute atomic E-state index is 12.9. The summed E-state index contributed by atoms with van der Waals surface area (Å²) >= 11 is 7.44. The van der Waals surface area contributed by atoms with Gasteiger partial charge < -0.3 is 0 Å². The lowest BCUT2D eigenvalue weighted by Crippen LogP contribution is -2.37. The highest BCUT2D eigenvalue weighted by Crippen LogP contribution is 2.60. The third-order valence-electron chi connectivity index (χ3n) is 5.69. The second kappa shape index (κ2) is 5.17. The quantitative estimate of drug-likeness (QED) is 0.535. The van der Waals surface area contributed by atoms with Gasteiger partial charge >= 0.3 is 0 Å². The Balaban J connectivity index is 1.67. The molecule has 1 aromatic rings. The molecule has 0 unspecified atom stereocenters. The molecule has 7 atom stereocenters. The van der Waals surface area contributed by atoms with Gasteiger partial charge in [0.05, 0.1) is 17.9 Å². The molecular formula is C17H17Br2NO2. The van der Waals surface area contributed by atoms with Crippen LogP contribution < -0.4 is 0 Å². The van der Waals surface area contributed by atoms with Crippen molar-refractivity contribution in [2.75, 3.05) is 0 Å². The third-order valence-corrected chi connectivity index (χ3v) is 8.90. The lowest BCUT2D eigenvalue weighted by atomic mass is 9.81. The molecule has 2 amide bonds. The van der Waals surface area contributed by atoms with E-state index in [1.807, 2.05) is 37.3 Å². The van der Waals surface area contributed by atoms with Crippen molar-refractivity contribution in [2.24, 2.45) is 23.7 Å². The molecule has 5 heteroatoms. The summed E-state index contributed by atoms with van der Waals surface area (Å²) in [7, 11) is 0. The molecule has 0 N–H and O–H groups in total. The molecule has 3 nitrogen and oxygen atoms in total. The van der Waals surface area contributed by atoms with Gasteiger partial charge in [-0.15, -0.1) is 0 Å². The minimum absolute atomic E-state index is 0.0303. The van der Waals surface area contributed by atoms with Gasteiger partial charge in [-0.3, -0.25) is 14.5 Å². The normalized spacial score (nSPS) is 41.1. The van der Waals surface area contributed by atoms with Gasteiger partial charge in [-0.1, -0.05) is 62.2 Å². The monoisotopic (exact) mass is 425 g/mol. The van der Waals surface area contributed by atoms with Crippen LogP contribution in [-0.4, -0.2) is 26.4 Å². The fourth-order valence-electron chi connectivity index (χ4n) is 4.63. The average Bonchev–Trinajstić information content (AvgIpc) is 3.13. The van der Waals surface area contributed by atoms with Gasteiger partial charge in [0, 0.05) is 9.65 Å². The first kappa shape index (κ1) is 14.9. The Morgan fingerprint density at radius 3 is 2.00 bits per heavy atom. The van der Waals surface area contributed by atoms with Crippen molar-refractivity contribution >= 4 is 43.7 Å². The molecule has 2 bridgehead atoms. The Morgan fingerprint density at radius 1 is 1.00 bits per heavy atom. The molecule has 0 aromatic heterocycles. The number of hydrogen-bond donors (Lipinski definition) is 0. The largest absolute Gasteiger partial charge is 0.275 e. The average molecular weight is 427 g/mol. The van der Waals surface area contributed by atoms with Gasteiger partial charge in [0.1, 0.15) is 0 Å². The van der Waals surface area contributed by atoms with Gasteiger partial charge in [-0.2, -0.15) is 0 Å². The van der Waals surface area contributed by atoms with Gasteiger partial charge in [0.2, 0.25) is 11.8 Å². The first-order valence-corrected chi connectivity index (χ1v) is 9.55. The standard InChI is InChI=1S/C17H17Br2NO2/c1-8(9-5-3-2-4-6-9)20-16(21)12-10-7-11(13(12)17(20)22)15(19)14(10)18/h2-6,8,10-15H,7H2,1H3/t8-,10-,11+,12+,13-,14-,15-/m1/s1. The van der Waals surface area contributed by atoms with Crippen LogP contribution in [0.25, 0.3) is 0 Å². The lowest BCUT2D eigenvalue weighted by Gasteiger charge is -2.28. The number of halogens is 2. The van der Waals surface area contributed by atoms with Crippen LogP contribution in [0, 0.1) is 23.7 Å². The predicted molar refractivity (Wildman–Crippen MR) is 90.7 cm³/mol. The molecule has 3 fully saturated rings. The number of rotatable bonds is 2. The van der Waals surface area contributed by atoms with E-state index in [2.05, 4.69) is 31.9 Å². The van der Waals surface area contributed by atoms with E-state index in [9.17, 15) is 9.59 Å². The molecule has 3 aliphatic rings. The van der Waals surface area contributed by atoms with E-state index in [0.29, 0.717) is 9.65 Å². The Kier molecular flexibility index (Phi) is 3.49. The highest BCUT2D eigenvalue weighted by atomic mass is 79.9. The molecule has 0 spiro atoms. The number of likely N-dealkylation sites (tertiary alicyclic amines) is 1. The number of benzene rings is 1. The lowest BCUT2D eigenvalue weighted by molar-refractivity contribution is -0.143. The van der Waals surface area contributed by atoms with Crippen LogP contribution >= 0.6 is 31.9 Å². The van der Waals surface area contributed by atoms with Gasteiger partial charge in [0.25, 0.3) is 0 Å². The Hall–Kier alpha value is -0.680. The van der Waals surface area contributed by atoms with Crippen molar-refractivity contribution < 1.29 is 9.59 Å². The van der Waals surface area contributed by atoms with Crippen molar-refractivity contribution in [1.29, 1.82) is 0 Å². The van der Waals surface area contributed by atoms with Crippen LogP contribution in [-0.2, 0) is 9.59 Å². The zero-order valence-electron chi connectivity index (χ0n) is 12.2. The Morgan fingerprint density at radius 2 is 1.50 bits per heavy atom. The molecule has 1 saturated heterocycles. The fraction of sp³-hybridized carbons (Fsp3) is 0.529. The highest BCUT2D eigenvalue weighted by Gasteiger charge is 2.66. The number of hydrogen-bond acceptors (Lipinski definition) is 2. The van der Waals surface area contributed by atoms with Gasteiger partial charge in [-0.25, -0.2) is 0 Å². The summed E-state index contributed by atoms with van der Waals surface area (Å²) < 4.78 is 0. The molecule has 1 aliphatic heterocycles. The number of fused-ring (bicyclic) bond motifs is 5. The van der Waals surface area contributed by atoms with Crippen molar-refractivity contribution in [3.05, 3.63) is 35.9 Å². The minimum Gasteiger partial charge on any atom is -0.275 e. The fourth-order valence-corrected chi connectivity index (χ4v) is 6.51. The molecule has 22 heavy (non-hydrogen) atoms. The first-order valence-electron chi connectivity index (χ1n) is 7.72. The van der Waals surface area contributed by atoms with Crippen molar-refractivity contribution in [3.8, 4) is 0 Å². The minimum atomic E-state index is -0.186. The molecule has 2 saturated carbocycles. The number of carbonyl (C=O) groups is 2. The van der Waals surface area contributed by atoms with E-state index < -0.39 is 0 Å². The molecule has 1 aromatic carbocycles. The molecule has 116 valence electrons. The number of alkyl halides is 2. The topological polar surface area (TPSA) is 37.4 Å². The number of imide groups is 1. The summed E-state index contributed by atoms with van der Waals surface area (Å²) in [6.45, 7) is 1.95. The van der Waals surface area contributed by atoms with E-state index in [4.69, 9.17) is 0 Å². The molecule has 4 rings (SSSR count). The maximum atomic E-state index is 12.9. The summed E-state index contributed by atoms with van der Waals surface area (Å²) in [6.07, 6.45) is 0.978. The van der Waals surface area contributed by atoms with E-state index in [-0.39, 0.29) is 41.5 Å². The van der Waals surface area contributed by atoms with Crippen molar-refractivity contribution in [3.63, 3.8) is 0 Å². The maximum Gasteiger partial charge on any atom is 0.233 e. The van der Waals surface area contributed by atoms with E-state index in [0.717, 1.165) is 12.0 Å². The van der Waals surface area contributed by atoms with E-state index >= 15 is 0 Å². The molecule has 1 heterocycles. The highest BCUT2D eigenvalue weighted by molar-refractivity contribution is 9.12. The zero-order chi connectivity index (χ0) is 15.6. The zero-order valence-corrected chi connectivity index (χ0v) is 15.3. The number of amides is 2. The SMILES string of the molecule is C[C@H](c1ccccc1)N1C(=O)[C@@H]2[C@@H]3C[C@@H]([C@@H](Br)[C@@H]3Br)[C@@H]2C1=O. The number of carbonyl (C=O) groups excluding carboxylic acids is 2. The first-order chi connectivity index (χ1) is 10.5. The molecule has 2 aliphatic carbocycles. The Labute approximate surface area is 146 Å². The summed E-state index contributed by atoms with van der Waals surface area (Å²) in [6, 6.07) is 9.62. The van der Waals surface area contributed by atoms with Crippen LogP contribution in [0.1, 0.15) is 24.9 Å². The number of nitrogens with zero attached hydrogens (tertiary/aromatic N) is 1. The summed E-state index contributed by atoms with van der Waals surface area (Å²) in [5.74, 6) is 0.377. The van der Waals surface area contributed by atoms with Crippen LogP contribution in [0.3, 0.4) is 0 Å². The van der Waals surface area contributed by atoms with Gasteiger partial charge in [-0.05, 0) is 30.7 Å². The smallest absolute Gasteiger partial charge is 0.233 e. The Bertz CT molecular complexity index is 603. The van der Waals surface area contributed by atoms with E-state index in [1.165, 1.54) is 4.90 Å². The van der Waals surface area contributed by atoms with Crippen LogP contribution in [0.2, 0.25) is 0 Å². The van der Waals surface area contributed by atoms with Crippen molar-refractivity contribution in [2.45, 2.75) is 29.0 Å². The summed E-state index contributed by atoms with van der Waals surface area (Å²) in [4.78, 5) is 28.0. The van der Waals surface area contributed by atoms with E-state index in [1.54, 1.807) is 0 Å². The third kappa shape index (κ3) is 1.84. The van der Waals surface area contributed by atoms with Crippen molar-refractivity contribution in [1.82, 2.24) is 4.90 Å². The molecule has 0 radical (unpaired) electrons.